The average molecular weight is 389 g/mol. The number of pyridine rings is 1. The second-order valence-corrected chi connectivity index (χ2v) is 6.58. The van der Waals surface area contributed by atoms with Crippen LogP contribution in [0.4, 0.5) is 0 Å². The lowest BCUT2D eigenvalue weighted by Crippen LogP contribution is -2.35. The highest BCUT2D eigenvalue weighted by Gasteiger charge is 2.26. The van der Waals surface area contributed by atoms with E-state index in [4.69, 9.17) is 4.52 Å². The van der Waals surface area contributed by atoms with Gasteiger partial charge in [0.25, 0.3) is 0 Å². The lowest BCUT2D eigenvalue weighted by molar-refractivity contribution is -0.134. The Morgan fingerprint density at radius 2 is 1.97 bits per heavy atom. The van der Waals surface area contributed by atoms with Gasteiger partial charge >= 0.3 is 0 Å². The molecule has 29 heavy (non-hydrogen) atoms. The molecule has 1 aromatic carbocycles. The van der Waals surface area contributed by atoms with Crippen LogP contribution < -0.4 is 0 Å². The first-order chi connectivity index (χ1) is 14.2. The van der Waals surface area contributed by atoms with Gasteiger partial charge in [0.2, 0.25) is 5.91 Å². The third-order valence-electron chi connectivity index (χ3n) is 4.50. The number of hydrogen-bond acceptors (Lipinski definition) is 7. The largest absolute Gasteiger partial charge is 0.359 e. The monoisotopic (exact) mass is 389 g/mol. The van der Waals surface area contributed by atoms with E-state index in [1.54, 1.807) is 24.2 Å². The summed E-state index contributed by atoms with van der Waals surface area (Å²) < 4.78 is 6.88. The lowest BCUT2D eigenvalue weighted by atomic mass is 10.1. The summed E-state index contributed by atoms with van der Waals surface area (Å²) in [6, 6.07) is 16.6. The number of rotatable bonds is 7. The standard InChI is InChI=1S/C20H19N7O2/c1-26(13-16-12-18(23-29-16)17-9-5-6-10-21-17)20(28)19(27-14-22-24-25-27)11-15-7-3-2-4-8-15/h2-10,12,14,19H,11,13H2,1H3. The molecule has 0 saturated heterocycles. The molecule has 4 aromatic rings. The van der Waals surface area contributed by atoms with Crippen LogP contribution in [0.2, 0.25) is 0 Å². The van der Waals surface area contributed by atoms with Crippen LogP contribution >= 0.6 is 0 Å². The second-order valence-electron chi connectivity index (χ2n) is 6.58. The Kier molecular flexibility index (Phi) is 5.37. The molecule has 0 spiro atoms. The molecule has 3 heterocycles. The van der Waals surface area contributed by atoms with Crippen molar-refractivity contribution in [1.82, 2.24) is 35.2 Å². The predicted molar refractivity (Wildman–Crippen MR) is 103 cm³/mol. The van der Waals surface area contributed by atoms with Gasteiger partial charge in [0.05, 0.1) is 12.2 Å². The number of benzene rings is 1. The molecule has 3 aromatic heterocycles. The molecule has 0 fully saturated rings. The van der Waals surface area contributed by atoms with Crippen LogP contribution in [-0.4, -0.2) is 48.2 Å². The zero-order chi connectivity index (χ0) is 20.1. The fourth-order valence-corrected chi connectivity index (χ4v) is 3.03. The number of likely N-dealkylation sites (N-methyl/N-ethyl adjacent to an activating group) is 1. The summed E-state index contributed by atoms with van der Waals surface area (Å²) in [5, 5.41) is 15.3. The van der Waals surface area contributed by atoms with Crippen LogP contribution in [-0.2, 0) is 17.8 Å². The molecule has 0 saturated carbocycles. The molecular formula is C20H19N7O2. The number of hydrogen-bond donors (Lipinski definition) is 0. The van der Waals surface area contributed by atoms with Gasteiger partial charge in [-0.3, -0.25) is 9.78 Å². The van der Waals surface area contributed by atoms with Crippen LogP contribution in [0.5, 0.6) is 0 Å². The molecule has 0 aliphatic carbocycles. The minimum atomic E-state index is -0.560. The molecule has 0 bridgehead atoms. The molecule has 4 rings (SSSR count). The van der Waals surface area contributed by atoms with Crippen molar-refractivity contribution in [3.05, 3.63) is 78.4 Å². The molecular weight excluding hydrogens is 370 g/mol. The van der Waals surface area contributed by atoms with E-state index in [-0.39, 0.29) is 12.5 Å². The summed E-state index contributed by atoms with van der Waals surface area (Å²) in [4.78, 5) is 19.0. The number of amides is 1. The highest BCUT2D eigenvalue weighted by Crippen LogP contribution is 2.20. The van der Waals surface area contributed by atoms with Gasteiger partial charge in [-0.1, -0.05) is 41.6 Å². The minimum absolute atomic E-state index is 0.128. The zero-order valence-corrected chi connectivity index (χ0v) is 15.8. The van der Waals surface area contributed by atoms with Crippen molar-refractivity contribution >= 4 is 5.91 Å². The van der Waals surface area contributed by atoms with Gasteiger partial charge < -0.3 is 9.42 Å². The summed E-state index contributed by atoms with van der Waals surface area (Å²) in [6.45, 7) is 0.270. The number of carbonyl (C=O) groups is 1. The number of aromatic nitrogens is 6. The van der Waals surface area contributed by atoms with Crippen LogP contribution in [0.15, 0.2) is 71.6 Å². The summed E-state index contributed by atoms with van der Waals surface area (Å²) >= 11 is 0. The highest BCUT2D eigenvalue weighted by molar-refractivity contribution is 5.80. The third kappa shape index (κ3) is 4.34. The van der Waals surface area contributed by atoms with Gasteiger partial charge in [-0.2, -0.15) is 0 Å². The van der Waals surface area contributed by atoms with E-state index < -0.39 is 6.04 Å². The fraction of sp³-hybridized carbons (Fsp3) is 0.200. The number of tetrazole rings is 1. The molecule has 146 valence electrons. The first-order valence-corrected chi connectivity index (χ1v) is 9.09. The van der Waals surface area contributed by atoms with Crippen molar-refractivity contribution in [3.8, 4) is 11.4 Å². The van der Waals surface area contributed by atoms with Crippen molar-refractivity contribution < 1.29 is 9.32 Å². The van der Waals surface area contributed by atoms with Crippen LogP contribution in [0.3, 0.4) is 0 Å². The number of nitrogens with zero attached hydrogens (tertiary/aromatic N) is 7. The minimum Gasteiger partial charge on any atom is -0.359 e. The molecule has 1 atom stereocenters. The van der Waals surface area contributed by atoms with Crippen LogP contribution in [0, 0.1) is 0 Å². The van der Waals surface area contributed by atoms with Gasteiger partial charge in [-0.05, 0) is 28.1 Å². The topological polar surface area (TPSA) is 103 Å². The molecule has 0 N–H and O–H groups in total. The normalized spacial score (nSPS) is 11.9. The van der Waals surface area contributed by atoms with Crippen molar-refractivity contribution in [3.63, 3.8) is 0 Å². The van der Waals surface area contributed by atoms with E-state index in [1.807, 2.05) is 48.5 Å². The second kappa shape index (κ2) is 8.42. The summed E-state index contributed by atoms with van der Waals surface area (Å²) in [5.41, 5.74) is 2.36. The fourth-order valence-electron chi connectivity index (χ4n) is 3.03. The van der Waals surface area contributed by atoms with Gasteiger partial charge in [0.15, 0.2) is 5.76 Å². The van der Waals surface area contributed by atoms with E-state index >= 15 is 0 Å². The van der Waals surface area contributed by atoms with E-state index in [9.17, 15) is 4.79 Å². The van der Waals surface area contributed by atoms with E-state index in [2.05, 4.69) is 25.7 Å². The zero-order valence-electron chi connectivity index (χ0n) is 15.8. The van der Waals surface area contributed by atoms with E-state index in [1.165, 1.54) is 11.0 Å². The van der Waals surface area contributed by atoms with Gasteiger partial charge in [-0.15, -0.1) is 5.10 Å². The Morgan fingerprint density at radius 1 is 1.14 bits per heavy atom. The Balaban J connectivity index is 1.50. The van der Waals surface area contributed by atoms with E-state index in [0.717, 1.165) is 5.56 Å². The maximum Gasteiger partial charge on any atom is 0.248 e. The van der Waals surface area contributed by atoms with Crippen LogP contribution in [0.1, 0.15) is 17.4 Å². The molecule has 1 amide bonds. The van der Waals surface area contributed by atoms with Gasteiger partial charge in [0, 0.05) is 25.7 Å². The Morgan fingerprint density at radius 3 is 2.69 bits per heavy atom. The van der Waals surface area contributed by atoms with Crippen molar-refractivity contribution in [1.29, 1.82) is 0 Å². The molecule has 0 radical (unpaired) electrons. The molecule has 0 aliphatic rings. The molecule has 9 heteroatoms. The molecule has 0 aliphatic heterocycles. The maximum atomic E-state index is 13.2. The average Bonchev–Trinajstić information content (AvgIpc) is 3.45. The summed E-state index contributed by atoms with van der Waals surface area (Å²) in [6.07, 6.45) is 3.62. The summed E-state index contributed by atoms with van der Waals surface area (Å²) in [5.74, 6) is 0.439. The van der Waals surface area contributed by atoms with Crippen molar-refractivity contribution in [2.24, 2.45) is 0 Å². The smallest absolute Gasteiger partial charge is 0.248 e. The Labute approximate surface area is 167 Å². The Hall–Kier alpha value is -3.88. The Bertz CT molecular complexity index is 1050. The van der Waals surface area contributed by atoms with Gasteiger partial charge in [0.1, 0.15) is 18.1 Å². The lowest BCUT2D eigenvalue weighted by Gasteiger charge is -2.22. The summed E-state index contributed by atoms with van der Waals surface area (Å²) in [7, 11) is 1.72. The highest BCUT2D eigenvalue weighted by atomic mass is 16.5. The van der Waals surface area contributed by atoms with Crippen LogP contribution in [0.25, 0.3) is 11.4 Å². The quantitative estimate of drug-likeness (QED) is 0.477. The van der Waals surface area contributed by atoms with Crippen molar-refractivity contribution in [2.45, 2.75) is 19.0 Å². The third-order valence-corrected chi connectivity index (χ3v) is 4.50. The SMILES string of the molecule is CN(Cc1cc(-c2ccccn2)no1)C(=O)C(Cc1ccccc1)n1cnnn1. The predicted octanol–water partition coefficient (Wildman–Crippen LogP) is 2.17. The first kappa shape index (κ1) is 18.5. The molecule has 1 unspecified atom stereocenters. The maximum absolute atomic E-state index is 13.2. The first-order valence-electron chi connectivity index (χ1n) is 9.09. The number of carbonyl (C=O) groups excluding carboxylic acids is 1. The van der Waals surface area contributed by atoms with E-state index in [0.29, 0.717) is 23.6 Å². The molecule has 9 nitrogen and oxygen atoms in total. The van der Waals surface area contributed by atoms with Crippen molar-refractivity contribution in [2.75, 3.05) is 7.05 Å². The van der Waals surface area contributed by atoms with Gasteiger partial charge in [-0.25, -0.2) is 4.68 Å².